The van der Waals surface area contributed by atoms with Gasteiger partial charge in [0.25, 0.3) is 10.1 Å². The Morgan fingerprint density at radius 2 is 1.34 bits per heavy atom. The molecule has 0 aromatic heterocycles. The Morgan fingerprint density at radius 1 is 0.812 bits per heavy atom. The number of ether oxygens (including phenoxy) is 1. The molecule has 5 nitrogen and oxygen atoms in total. The van der Waals surface area contributed by atoms with Crippen LogP contribution in [0.3, 0.4) is 0 Å². The van der Waals surface area contributed by atoms with Gasteiger partial charge in [0, 0.05) is 0 Å². The van der Waals surface area contributed by atoms with Gasteiger partial charge in [-0.25, -0.2) is 0 Å². The van der Waals surface area contributed by atoms with Crippen LogP contribution in [0, 0.1) is 0 Å². The molecule has 0 spiro atoms. The average molecular weight is 471 g/mol. The van der Waals surface area contributed by atoms with Crippen molar-refractivity contribution in [1.29, 1.82) is 0 Å². The van der Waals surface area contributed by atoms with E-state index >= 15 is 0 Å². The van der Waals surface area contributed by atoms with Crippen molar-refractivity contribution in [1.82, 2.24) is 0 Å². The van der Waals surface area contributed by atoms with Crippen LogP contribution < -0.4 is 39.4 Å². The summed E-state index contributed by atoms with van der Waals surface area (Å²) in [6, 6.07) is 10.5. The molecule has 2 aromatic rings. The van der Waals surface area contributed by atoms with Gasteiger partial charge < -0.3 is 9.84 Å². The van der Waals surface area contributed by atoms with Crippen LogP contribution in [0.1, 0.15) is 83.1 Å². The summed E-state index contributed by atoms with van der Waals surface area (Å²) in [4.78, 5) is -0.251. The molecule has 0 aliphatic carbocycles. The Labute approximate surface area is 215 Å². The quantitative estimate of drug-likeness (QED) is 0.244. The van der Waals surface area contributed by atoms with E-state index in [0.29, 0.717) is 5.75 Å². The minimum Gasteiger partial charge on any atom is -0.872 e. The Hall–Kier alpha value is -1.05. The third-order valence-corrected chi connectivity index (χ3v) is 6.28. The van der Waals surface area contributed by atoms with Crippen LogP contribution in [0.25, 0.3) is 0 Å². The molecule has 7 heteroatoms. The van der Waals surface area contributed by atoms with Crippen molar-refractivity contribution in [3.8, 4) is 17.2 Å². The van der Waals surface area contributed by atoms with E-state index in [2.05, 4.69) is 6.92 Å². The normalized spacial score (nSPS) is 11.2. The molecule has 1 N–H and O–H groups in total. The molecule has 0 bridgehead atoms. The van der Waals surface area contributed by atoms with Crippen molar-refractivity contribution in [2.45, 2.75) is 88.9 Å². The maximum absolute atomic E-state index is 11.8. The number of hydrogen-bond acceptors (Lipinski definition) is 4. The van der Waals surface area contributed by atoms with Gasteiger partial charge in [0.15, 0.2) is 0 Å². The summed E-state index contributed by atoms with van der Waals surface area (Å²) in [5, 5.41) is 11.2. The van der Waals surface area contributed by atoms with Gasteiger partial charge in [-0.1, -0.05) is 89.3 Å². The van der Waals surface area contributed by atoms with Crippen LogP contribution in [0.2, 0.25) is 0 Å². The van der Waals surface area contributed by atoms with E-state index in [1.807, 2.05) is 6.07 Å². The monoisotopic (exact) mass is 470 g/mol. The predicted octanol–water partition coefficient (Wildman–Crippen LogP) is 3.66. The van der Waals surface area contributed by atoms with Crippen molar-refractivity contribution in [3.63, 3.8) is 0 Å². The summed E-state index contributed by atoms with van der Waals surface area (Å²) in [6.07, 6.45) is 14.6. The van der Waals surface area contributed by atoms with Gasteiger partial charge in [-0.15, -0.1) is 5.75 Å². The minimum atomic E-state index is -4.43. The molecular weight excluding hydrogens is 435 g/mol. The number of rotatable bonds is 15. The standard InChI is InChI=1S/C25H36O5S.Na/c1-2-3-4-5-6-7-8-9-10-11-12-13-21-14-19-24(25(20-21)31(27,28)29)30-23-17-15-22(26)16-18-23;/h14-20,26H,2-13H2,1H3,(H,27,28,29);/q;+1/p-1. The minimum absolute atomic E-state index is 0. The zero-order valence-electron chi connectivity index (χ0n) is 19.5. The van der Waals surface area contributed by atoms with Gasteiger partial charge in [-0.2, -0.15) is 8.42 Å². The molecule has 2 rings (SSSR count). The molecule has 2 aromatic carbocycles. The first-order chi connectivity index (χ1) is 14.9. The Kier molecular flexibility index (Phi) is 14.2. The molecule has 0 atom stereocenters. The average Bonchev–Trinajstić information content (AvgIpc) is 2.74. The van der Waals surface area contributed by atoms with Crippen molar-refractivity contribution in [2.75, 3.05) is 0 Å². The third-order valence-electron chi connectivity index (χ3n) is 5.41. The molecular formula is C25H35NaO5S. The molecule has 0 saturated heterocycles. The van der Waals surface area contributed by atoms with E-state index in [1.165, 1.54) is 88.1 Å². The summed E-state index contributed by atoms with van der Waals surface area (Å²) in [6.45, 7) is 2.24. The first-order valence-corrected chi connectivity index (χ1v) is 12.9. The van der Waals surface area contributed by atoms with Gasteiger partial charge in [-0.05, 0) is 42.7 Å². The van der Waals surface area contributed by atoms with Crippen LogP contribution in [0.5, 0.6) is 17.2 Å². The van der Waals surface area contributed by atoms with Crippen LogP contribution in [0.4, 0.5) is 0 Å². The topological polar surface area (TPSA) is 86.7 Å². The first-order valence-electron chi connectivity index (χ1n) is 11.5. The maximum atomic E-state index is 11.8. The fraction of sp³-hybridized carbons (Fsp3) is 0.520. The van der Waals surface area contributed by atoms with Crippen molar-refractivity contribution < 1.29 is 52.4 Å². The van der Waals surface area contributed by atoms with E-state index < -0.39 is 10.1 Å². The summed E-state index contributed by atoms with van der Waals surface area (Å²) in [7, 11) is -4.43. The zero-order valence-corrected chi connectivity index (χ0v) is 22.3. The van der Waals surface area contributed by atoms with Gasteiger partial charge in [-0.3, -0.25) is 4.55 Å². The molecule has 0 unspecified atom stereocenters. The van der Waals surface area contributed by atoms with E-state index in [0.717, 1.165) is 24.8 Å². The Morgan fingerprint density at radius 3 is 1.88 bits per heavy atom. The Bertz CT molecular complexity index is 882. The molecule has 0 amide bonds. The van der Waals surface area contributed by atoms with Gasteiger partial charge >= 0.3 is 29.6 Å². The molecule has 0 aliphatic rings. The number of unbranched alkanes of at least 4 members (excludes halogenated alkanes) is 10. The predicted molar refractivity (Wildman–Crippen MR) is 122 cm³/mol. The first kappa shape index (κ1) is 29.0. The van der Waals surface area contributed by atoms with Crippen molar-refractivity contribution in [2.24, 2.45) is 0 Å². The molecule has 172 valence electrons. The summed E-state index contributed by atoms with van der Waals surface area (Å²) < 4.78 is 38.9. The number of aryl methyl sites for hydroxylation is 1. The second-order valence-electron chi connectivity index (χ2n) is 8.12. The maximum Gasteiger partial charge on any atom is 1.00 e. The van der Waals surface area contributed by atoms with E-state index in [4.69, 9.17) is 4.74 Å². The Balaban J connectivity index is 0.00000512. The summed E-state index contributed by atoms with van der Waals surface area (Å²) in [5.74, 6) is 0.219. The largest absolute Gasteiger partial charge is 1.00 e. The smallest absolute Gasteiger partial charge is 0.872 e. The van der Waals surface area contributed by atoms with Gasteiger partial charge in [0.05, 0.1) is 0 Å². The molecule has 0 radical (unpaired) electrons. The number of hydrogen-bond donors (Lipinski definition) is 1. The zero-order chi connectivity index (χ0) is 22.5. The third kappa shape index (κ3) is 11.2. The van der Waals surface area contributed by atoms with Crippen molar-refractivity contribution >= 4 is 10.1 Å². The molecule has 0 heterocycles. The summed E-state index contributed by atoms with van der Waals surface area (Å²) >= 11 is 0. The second-order valence-corrected chi connectivity index (χ2v) is 9.51. The van der Waals surface area contributed by atoms with Crippen LogP contribution in [-0.4, -0.2) is 13.0 Å². The number of benzene rings is 2. The fourth-order valence-corrected chi connectivity index (χ4v) is 4.29. The van der Waals surface area contributed by atoms with E-state index in [1.54, 1.807) is 6.07 Å². The molecule has 0 fully saturated rings. The van der Waals surface area contributed by atoms with Gasteiger partial charge in [0.1, 0.15) is 16.4 Å². The van der Waals surface area contributed by atoms with Crippen LogP contribution in [-0.2, 0) is 16.5 Å². The molecule has 0 aliphatic heterocycles. The van der Waals surface area contributed by atoms with E-state index in [9.17, 15) is 18.1 Å². The van der Waals surface area contributed by atoms with E-state index in [-0.39, 0.29) is 46.0 Å². The van der Waals surface area contributed by atoms with Crippen molar-refractivity contribution in [3.05, 3.63) is 48.0 Å². The second kappa shape index (κ2) is 15.7. The summed E-state index contributed by atoms with van der Waals surface area (Å²) in [5.41, 5.74) is 0.853. The fourth-order valence-electron chi connectivity index (χ4n) is 3.62. The van der Waals surface area contributed by atoms with Crippen LogP contribution >= 0.6 is 0 Å². The molecule has 32 heavy (non-hydrogen) atoms. The molecule has 0 saturated carbocycles. The van der Waals surface area contributed by atoms with Gasteiger partial charge in [0.2, 0.25) is 0 Å². The van der Waals surface area contributed by atoms with Crippen LogP contribution in [0.15, 0.2) is 47.4 Å². The SMILES string of the molecule is CCCCCCCCCCCCCc1ccc(Oc2ccc([O-])cc2)c(S(=O)(=O)O)c1.[Na+].